The van der Waals surface area contributed by atoms with E-state index >= 15 is 0 Å². The van der Waals surface area contributed by atoms with Crippen LogP contribution >= 0.6 is 11.3 Å². The first kappa shape index (κ1) is 21.9. The van der Waals surface area contributed by atoms with Crippen LogP contribution < -0.4 is 15.0 Å². The van der Waals surface area contributed by atoms with E-state index in [-0.39, 0.29) is 31.0 Å². The lowest BCUT2D eigenvalue weighted by atomic mass is 10.1. The largest absolute Gasteiger partial charge is 0.482 e. The summed E-state index contributed by atoms with van der Waals surface area (Å²) in [6.07, 6.45) is 0. The van der Waals surface area contributed by atoms with Gasteiger partial charge in [0, 0.05) is 16.5 Å². The maximum atomic E-state index is 12.8. The van der Waals surface area contributed by atoms with Crippen LogP contribution in [0.15, 0.2) is 84.2 Å². The van der Waals surface area contributed by atoms with Crippen molar-refractivity contribution in [3.63, 3.8) is 0 Å². The first-order valence-electron chi connectivity index (χ1n) is 11.0. The van der Waals surface area contributed by atoms with Crippen LogP contribution in [0.3, 0.4) is 0 Å². The van der Waals surface area contributed by atoms with Crippen molar-refractivity contribution in [3.8, 4) is 27.6 Å². The Labute approximate surface area is 201 Å². The molecule has 7 heteroatoms. The molecule has 1 aromatic heterocycles. The average molecular weight is 470 g/mol. The molecule has 4 aromatic rings. The minimum atomic E-state index is -0.254. The summed E-state index contributed by atoms with van der Waals surface area (Å²) in [7, 11) is 0. The van der Waals surface area contributed by atoms with Gasteiger partial charge in [0.05, 0.1) is 17.4 Å². The smallest absolute Gasteiger partial charge is 0.265 e. The fourth-order valence-corrected chi connectivity index (χ4v) is 4.75. The van der Waals surface area contributed by atoms with Crippen molar-refractivity contribution >= 4 is 28.8 Å². The van der Waals surface area contributed by atoms with Crippen LogP contribution in [-0.2, 0) is 9.59 Å². The molecule has 0 spiro atoms. The lowest BCUT2D eigenvalue weighted by Crippen LogP contribution is -2.45. The number of ether oxygens (including phenoxy) is 1. The number of nitrogens with zero attached hydrogens (tertiary/aromatic N) is 2. The molecule has 0 aliphatic carbocycles. The van der Waals surface area contributed by atoms with Gasteiger partial charge in [-0.3, -0.25) is 14.5 Å². The zero-order valence-electron chi connectivity index (χ0n) is 18.6. The van der Waals surface area contributed by atoms with E-state index < -0.39 is 0 Å². The van der Waals surface area contributed by atoms with Gasteiger partial charge in [-0.15, -0.1) is 11.3 Å². The topological polar surface area (TPSA) is 71.5 Å². The lowest BCUT2D eigenvalue weighted by molar-refractivity contribution is -0.125. The van der Waals surface area contributed by atoms with E-state index in [0.29, 0.717) is 11.4 Å². The quantitative estimate of drug-likeness (QED) is 0.428. The summed E-state index contributed by atoms with van der Waals surface area (Å²) in [6.45, 7) is 1.75. The second-order valence-electron chi connectivity index (χ2n) is 8.05. The van der Waals surface area contributed by atoms with Crippen LogP contribution in [0.1, 0.15) is 18.5 Å². The Morgan fingerprint density at radius 3 is 2.56 bits per heavy atom. The molecular weight excluding hydrogens is 446 g/mol. The molecule has 1 atom stereocenters. The molecule has 34 heavy (non-hydrogen) atoms. The average Bonchev–Trinajstić information content (AvgIpc) is 3.37. The van der Waals surface area contributed by atoms with Crippen LogP contribution in [0, 0.1) is 0 Å². The number of rotatable bonds is 6. The van der Waals surface area contributed by atoms with Crippen molar-refractivity contribution in [2.24, 2.45) is 0 Å². The number of fused-ring (bicyclic) bond motifs is 1. The highest BCUT2D eigenvalue weighted by atomic mass is 32.1. The molecule has 0 bridgehead atoms. The van der Waals surface area contributed by atoms with Crippen molar-refractivity contribution in [3.05, 3.63) is 89.8 Å². The fraction of sp³-hybridized carbons (Fsp3) is 0.148. The van der Waals surface area contributed by atoms with E-state index in [1.165, 1.54) is 4.90 Å². The standard InChI is InChI=1S/C27H23N3O3S/c1-18(19-8-4-2-5-9-19)28-25(31)15-30-23-14-21(12-13-24(23)33-16-26(30)32)22-17-34-27(29-22)20-10-6-3-7-11-20/h2-14,17-18H,15-16H2,1H3,(H,28,31). The number of anilines is 1. The Morgan fingerprint density at radius 2 is 1.79 bits per heavy atom. The SMILES string of the molecule is CC(NC(=O)CN1C(=O)COc2ccc(-c3csc(-c4ccccc4)n3)cc21)c1ccccc1. The number of aromatic nitrogens is 1. The summed E-state index contributed by atoms with van der Waals surface area (Å²) in [5.41, 5.74) is 4.31. The number of benzene rings is 3. The summed E-state index contributed by atoms with van der Waals surface area (Å²) in [5, 5.41) is 5.90. The molecule has 0 saturated heterocycles. The van der Waals surface area contributed by atoms with Gasteiger partial charge < -0.3 is 10.1 Å². The third kappa shape index (κ3) is 4.56. The van der Waals surface area contributed by atoms with E-state index in [1.807, 2.05) is 91.2 Å². The van der Waals surface area contributed by atoms with Crippen molar-refractivity contribution in [1.29, 1.82) is 0 Å². The summed E-state index contributed by atoms with van der Waals surface area (Å²) in [4.78, 5) is 31.8. The summed E-state index contributed by atoms with van der Waals surface area (Å²) in [6, 6.07) is 25.2. The van der Waals surface area contributed by atoms with Gasteiger partial charge in [-0.2, -0.15) is 0 Å². The monoisotopic (exact) mass is 469 g/mol. The summed E-state index contributed by atoms with van der Waals surface area (Å²) in [5.74, 6) is 0.0872. The van der Waals surface area contributed by atoms with Crippen molar-refractivity contribution in [1.82, 2.24) is 10.3 Å². The maximum absolute atomic E-state index is 12.8. The van der Waals surface area contributed by atoms with Gasteiger partial charge in [0.15, 0.2) is 6.61 Å². The number of nitrogens with one attached hydrogen (secondary N) is 1. The van der Waals surface area contributed by atoms with Gasteiger partial charge in [0.25, 0.3) is 5.91 Å². The number of carbonyl (C=O) groups is 2. The van der Waals surface area contributed by atoms with Crippen molar-refractivity contribution in [2.45, 2.75) is 13.0 Å². The zero-order valence-corrected chi connectivity index (χ0v) is 19.4. The minimum absolute atomic E-state index is 0.0812. The Morgan fingerprint density at radius 1 is 1.06 bits per heavy atom. The van der Waals surface area contributed by atoms with Gasteiger partial charge in [-0.1, -0.05) is 60.7 Å². The molecule has 0 saturated carbocycles. The second kappa shape index (κ2) is 9.49. The maximum Gasteiger partial charge on any atom is 0.265 e. The van der Waals surface area contributed by atoms with E-state index in [9.17, 15) is 9.59 Å². The molecule has 2 heterocycles. The van der Waals surface area contributed by atoms with Crippen LogP contribution in [0.25, 0.3) is 21.8 Å². The highest BCUT2D eigenvalue weighted by molar-refractivity contribution is 7.13. The minimum Gasteiger partial charge on any atom is -0.482 e. The Kier molecular flexibility index (Phi) is 6.10. The number of amides is 2. The Balaban J connectivity index is 1.37. The molecule has 1 aliphatic rings. The predicted octanol–water partition coefficient (Wildman–Crippen LogP) is 5.08. The van der Waals surface area contributed by atoms with Crippen LogP contribution in [0.5, 0.6) is 5.75 Å². The first-order chi connectivity index (χ1) is 16.6. The second-order valence-corrected chi connectivity index (χ2v) is 8.91. The molecule has 2 amide bonds. The van der Waals surface area contributed by atoms with Gasteiger partial charge in [0.2, 0.25) is 5.91 Å². The lowest BCUT2D eigenvalue weighted by Gasteiger charge is -2.29. The molecule has 0 radical (unpaired) electrons. The number of thiazole rings is 1. The molecule has 5 rings (SSSR count). The van der Waals surface area contributed by atoms with Gasteiger partial charge in [-0.25, -0.2) is 4.98 Å². The number of hydrogen-bond acceptors (Lipinski definition) is 5. The Bertz CT molecular complexity index is 1320. The molecule has 1 unspecified atom stereocenters. The molecular formula is C27H23N3O3S. The first-order valence-corrected chi connectivity index (χ1v) is 11.9. The predicted molar refractivity (Wildman–Crippen MR) is 134 cm³/mol. The molecule has 170 valence electrons. The highest BCUT2D eigenvalue weighted by Gasteiger charge is 2.28. The molecule has 1 aliphatic heterocycles. The summed E-state index contributed by atoms with van der Waals surface area (Å²) >= 11 is 1.56. The molecule has 0 fully saturated rings. The van der Waals surface area contributed by atoms with Crippen molar-refractivity contribution < 1.29 is 14.3 Å². The highest BCUT2D eigenvalue weighted by Crippen LogP contribution is 2.37. The third-order valence-corrected chi connectivity index (χ3v) is 6.59. The molecule has 1 N–H and O–H groups in total. The number of hydrogen-bond donors (Lipinski definition) is 1. The van der Waals surface area contributed by atoms with Crippen LogP contribution in [0.2, 0.25) is 0 Å². The van der Waals surface area contributed by atoms with E-state index in [1.54, 1.807) is 11.3 Å². The van der Waals surface area contributed by atoms with E-state index in [0.717, 1.165) is 27.4 Å². The van der Waals surface area contributed by atoms with Gasteiger partial charge in [-0.05, 0) is 30.7 Å². The normalized spacial score (nSPS) is 13.7. The van der Waals surface area contributed by atoms with Gasteiger partial charge >= 0.3 is 0 Å². The molecule has 6 nitrogen and oxygen atoms in total. The summed E-state index contributed by atoms with van der Waals surface area (Å²) < 4.78 is 5.62. The third-order valence-electron chi connectivity index (χ3n) is 5.70. The van der Waals surface area contributed by atoms with Crippen molar-refractivity contribution in [2.75, 3.05) is 18.1 Å². The van der Waals surface area contributed by atoms with Gasteiger partial charge in [0.1, 0.15) is 17.3 Å². The fourth-order valence-electron chi connectivity index (χ4n) is 3.91. The van der Waals surface area contributed by atoms with Crippen LogP contribution in [0.4, 0.5) is 5.69 Å². The zero-order chi connectivity index (χ0) is 23.5. The number of carbonyl (C=O) groups excluding carboxylic acids is 2. The Hall–Kier alpha value is -3.97. The van der Waals surface area contributed by atoms with E-state index in [2.05, 4.69) is 5.32 Å². The van der Waals surface area contributed by atoms with Crippen LogP contribution in [-0.4, -0.2) is 29.9 Å². The molecule has 3 aromatic carbocycles. The van der Waals surface area contributed by atoms with E-state index in [4.69, 9.17) is 9.72 Å².